The Morgan fingerprint density at radius 3 is 2.59 bits per heavy atom. The molecule has 1 heterocycles. The van der Waals surface area contributed by atoms with Gasteiger partial charge in [-0.3, -0.25) is 14.7 Å². The predicted octanol–water partition coefficient (Wildman–Crippen LogP) is 2.73. The fourth-order valence-corrected chi connectivity index (χ4v) is 2.25. The van der Waals surface area contributed by atoms with E-state index >= 15 is 0 Å². The molecule has 0 aliphatic heterocycles. The summed E-state index contributed by atoms with van der Waals surface area (Å²) in [4.78, 5) is 23.0. The first-order chi connectivity index (χ1) is 10.5. The van der Waals surface area contributed by atoms with Crippen molar-refractivity contribution in [3.8, 4) is 0 Å². The normalized spacial score (nSPS) is 15.3. The van der Waals surface area contributed by atoms with E-state index in [9.17, 15) is 9.59 Å². The second-order valence-electron chi connectivity index (χ2n) is 5.62. The van der Waals surface area contributed by atoms with Crippen molar-refractivity contribution in [1.29, 1.82) is 0 Å². The lowest BCUT2D eigenvalue weighted by Gasteiger charge is -2.08. The van der Waals surface area contributed by atoms with Gasteiger partial charge in [-0.25, -0.2) is 0 Å². The molecule has 1 fully saturated rings. The van der Waals surface area contributed by atoms with Crippen LogP contribution >= 0.6 is 0 Å². The number of nitrogens with zero attached hydrogens (tertiary/aromatic N) is 1. The minimum Gasteiger partial charge on any atom is -0.481 e. The molecule has 1 atom stereocenters. The van der Waals surface area contributed by atoms with Gasteiger partial charge in [0.05, 0.1) is 5.92 Å². The van der Waals surface area contributed by atoms with Crippen LogP contribution in [0.5, 0.6) is 0 Å². The maximum atomic E-state index is 12.1. The van der Waals surface area contributed by atoms with E-state index in [0.29, 0.717) is 22.9 Å². The third-order valence-corrected chi connectivity index (χ3v) is 3.89. The molecule has 6 nitrogen and oxygen atoms in total. The van der Waals surface area contributed by atoms with Crippen molar-refractivity contribution in [2.45, 2.75) is 31.6 Å². The number of rotatable bonds is 5. The molecule has 1 aliphatic rings. The molecular weight excluding hydrogens is 282 g/mol. The minimum atomic E-state index is -0.874. The second-order valence-corrected chi connectivity index (χ2v) is 5.62. The van der Waals surface area contributed by atoms with E-state index in [1.165, 1.54) is 0 Å². The Morgan fingerprint density at radius 2 is 2.00 bits per heavy atom. The van der Waals surface area contributed by atoms with Crippen molar-refractivity contribution < 1.29 is 14.7 Å². The fraction of sp³-hybridized carbons (Fsp3) is 0.312. The van der Waals surface area contributed by atoms with Gasteiger partial charge in [0, 0.05) is 17.3 Å². The summed E-state index contributed by atoms with van der Waals surface area (Å²) in [6, 6.07) is 8.58. The average molecular weight is 299 g/mol. The maximum absolute atomic E-state index is 12.1. The van der Waals surface area contributed by atoms with Gasteiger partial charge >= 0.3 is 5.97 Å². The lowest BCUT2D eigenvalue weighted by Crippen LogP contribution is -2.12. The highest BCUT2D eigenvalue weighted by atomic mass is 16.4. The van der Waals surface area contributed by atoms with Gasteiger partial charge in [-0.05, 0) is 43.5 Å². The standard InChI is InChI=1S/C16H17N3O3/c1-9(16(21)22)10-4-6-12(7-5-10)17-15(20)14-8-13(18-19-14)11-2-3-11/h4-9,11H,2-3H2,1H3,(H,17,20)(H,18,19)(H,21,22). The van der Waals surface area contributed by atoms with E-state index in [1.54, 1.807) is 37.3 Å². The zero-order valence-electron chi connectivity index (χ0n) is 12.2. The first kappa shape index (κ1) is 14.3. The third-order valence-electron chi connectivity index (χ3n) is 3.89. The molecule has 1 unspecified atom stereocenters. The maximum Gasteiger partial charge on any atom is 0.310 e. The zero-order valence-corrected chi connectivity index (χ0v) is 12.2. The van der Waals surface area contributed by atoms with Crippen LogP contribution in [-0.4, -0.2) is 27.2 Å². The first-order valence-electron chi connectivity index (χ1n) is 7.24. The van der Waals surface area contributed by atoms with Crippen molar-refractivity contribution in [1.82, 2.24) is 10.2 Å². The molecule has 2 aromatic rings. The van der Waals surface area contributed by atoms with Gasteiger partial charge in [-0.1, -0.05) is 12.1 Å². The van der Waals surface area contributed by atoms with E-state index in [2.05, 4.69) is 15.5 Å². The molecule has 1 saturated carbocycles. The first-order valence-corrected chi connectivity index (χ1v) is 7.24. The number of nitrogens with one attached hydrogen (secondary N) is 2. The molecule has 3 rings (SSSR count). The van der Waals surface area contributed by atoms with Crippen LogP contribution in [0.4, 0.5) is 5.69 Å². The summed E-state index contributed by atoms with van der Waals surface area (Å²) in [7, 11) is 0. The van der Waals surface area contributed by atoms with Gasteiger partial charge in [-0.2, -0.15) is 5.10 Å². The van der Waals surface area contributed by atoms with Gasteiger partial charge in [-0.15, -0.1) is 0 Å². The molecule has 0 bridgehead atoms. The Balaban J connectivity index is 1.66. The molecule has 0 saturated heterocycles. The van der Waals surface area contributed by atoms with Crippen molar-refractivity contribution >= 4 is 17.6 Å². The van der Waals surface area contributed by atoms with Crippen LogP contribution in [0.15, 0.2) is 30.3 Å². The SMILES string of the molecule is CC(C(=O)O)c1ccc(NC(=O)c2cc(C3CC3)[nH]n2)cc1. The Kier molecular flexibility index (Phi) is 3.66. The van der Waals surface area contributed by atoms with E-state index in [4.69, 9.17) is 5.11 Å². The molecular formula is C16H17N3O3. The molecule has 0 radical (unpaired) electrons. The summed E-state index contributed by atoms with van der Waals surface area (Å²) in [6.07, 6.45) is 2.29. The van der Waals surface area contributed by atoms with Crippen LogP contribution in [0.25, 0.3) is 0 Å². The van der Waals surface area contributed by atoms with E-state index in [1.807, 2.05) is 0 Å². The summed E-state index contributed by atoms with van der Waals surface area (Å²) in [5.74, 6) is -1.20. The number of aliphatic carboxylic acids is 1. The number of H-pyrrole nitrogens is 1. The highest BCUT2D eigenvalue weighted by Crippen LogP contribution is 2.39. The number of aromatic amines is 1. The molecule has 22 heavy (non-hydrogen) atoms. The molecule has 3 N–H and O–H groups in total. The Morgan fingerprint density at radius 1 is 1.32 bits per heavy atom. The Labute approximate surface area is 127 Å². The van der Waals surface area contributed by atoms with Crippen LogP contribution in [-0.2, 0) is 4.79 Å². The topological polar surface area (TPSA) is 95.1 Å². The third kappa shape index (κ3) is 3.00. The smallest absolute Gasteiger partial charge is 0.310 e. The number of hydrogen-bond acceptors (Lipinski definition) is 3. The molecule has 1 aliphatic carbocycles. The number of hydrogen-bond donors (Lipinski definition) is 3. The van der Waals surface area contributed by atoms with Gasteiger partial charge < -0.3 is 10.4 Å². The number of carbonyl (C=O) groups is 2. The Hall–Kier alpha value is -2.63. The highest BCUT2D eigenvalue weighted by Gasteiger charge is 2.26. The number of benzene rings is 1. The zero-order chi connectivity index (χ0) is 15.7. The minimum absolute atomic E-state index is 0.276. The quantitative estimate of drug-likeness (QED) is 0.791. The van der Waals surface area contributed by atoms with E-state index in [-0.39, 0.29) is 5.91 Å². The summed E-state index contributed by atoms with van der Waals surface area (Å²) in [5, 5.41) is 18.6. The van der Waals surface area contributed by atoms with Crippen molar-refractivity contribution in [2.75, 3.05) is 5.32 Å². The number of carboxylic acid groups (broad SMARTS) is 1. The lowest BCUT2D eigenvalue weighted by atomic mass is 10.0. The van der Waals surface area contributed by atoms with Gasteiger partial charge in [0.25, 0.3) is 5.91 Å². The van der Waals surface area contributed by atoms with Gasteiger partial charge in [0.1, 0.15) is 0 Å². The summed E-state index contributed by atoms with van der Waals surface area (Å²) >= 11 is 0. The molecule has 1 aromatic carbocycles. The van der Waals surface area contributed by atoms with E-state index < -0.39 is 11.9 Å². The monoisotopic (exact) mass is 299 g/mol. The Bertz CT molecular complexity index is 702. The fourth-order valence-electron chi connectivity index (χ4n) is 2.25. The van der Waals surface area contributed by atoms with Crippen molar-refractivity contribution in [3.05, 3.63) is 47.3 Å². The highest BCUT2D eigenvalue weighted by molar-refractivity contribution is 6.02. The van der Waals surface area contributed by atoms with Gasteiger partial charge in [0.2, 0.25) is 0 Å². The number of carboxylic acids is 1. The number of amides is 1. The second kappa shape index (κ2) is 5.63. The molecule has 114 valence electrons. The van der Waals surface area contributed by atoms with Crippen LogP contribution in [0.3, 0.4) is 0 Å². The van der Waals surface area contributed by atoms with Gasteiger partial charge in [0.15, 0.2) is 5.69 Å². The number of carbonyl (C=O) groups excluding carboxylic acids is 1. The van der Waals surface area contributed by atoms with Crippen LogP contribution in [0.1, 0.15) is 53.3 Å². The van der Waals surface area contributed by atoms with Crippen LogP contribution in [0, 0.1) is 0 Å². The van der Waals surface area contributed by atoms with E-state index in [0.717, 1.165) is 18.5 Å². The predicted molar refractivity (Wildman–Crippen MR) is 81.0 cm³/mol. The molecule has 6 heteroatoms. The van der Waals surface area contributed by atoms with Crippen molar-refractivity contribution in [3.63, 3.8) is 0 Å². The largest absolute Gasteiger partial charge is 0.481 e. The molecule has 1 amide bonds. The summed E-state index contributed by atoms with van der Waals surface area (Å²) in [5.41, 5.74) is 2.68. The number of anilines is 1. The van der Waals surface area contributed by atoms with Crippen LogP contribution in [0.2, 0.25) is 0 Å². The van der Waals surface area contributed by atoms with Crippen LogP contribution < -0.4 is 5.32 Å². The number of aromatic nitrogens is 2. The molecule has 0 spiro atoms. The van der Waals surface area contributed by atoms with Crippen molar-refractivity contribution in [2.24, 2.45) is 0 Å². The summed E-state index contributed by atoms with van der Waals surface area (Å²) < 4.78 is 0. The lowest BCUT2D eigenvalue weighted by molar-refractivity contribution is -0.138. The molecule has 1 aromatic heterocycles. The summed E-state index contributed by atoms with van der Waals surface area (Å²) in [6.45, 7) is 1.62. The average Bonchev–Trinajstić information content (AvgIpc) is 3.24.